The Labute approximate surface area is 117 Å². The van der Waals surface area contributed by atoms with Gasteiger partial charge in [0.1, 0.15) is 23.6 Å². The highest BCUT2D eigenvalue weighted by molar-refractivity contribution is 5.49. The molecule has 0 aliphatic carbocycles. The Balaban J connectivity index is 2.21. The monoisotopic (exact) mass is 274 g/mol. The molecule has 0 saturated heterocycles. The number of hydrogen-bond acceptors (Lipinski definition) is 6. The molecular formula is C14H18N4O2. The molecule has 0 bridgehead atoms. The number of nitrogens with one attached hydrogen (secondary N) is 1. The molecule has 0 saturated carbocycles. The minimum absolute atomic E-state index is 0.500. The van der Waals surface area contributed by atoms with Crippen LogP contribution in [0, 0.1) is 0 Å². The van der Waals surface area contributed by atoms with Crippen LogP contribution in [0.15, 0.2) is 30.6 Å². The molecule has 106 valence electrons. The van der Waals surface area contributed by atoms with Crippen LogP contribution in [0.3, 0.4) is 0 Å². The van der Waals surface area contributed by atoms with E-state index in [-0.39, 0.29) is 0 Å². The molecule has 0 fully saturated rings. The van der Waals surface area contributed by atoms with E-state index in [1.807, 2.05) is 38.1 Å². The summed E-state index contributed by atoms with van der Waals surface area (Å²) in [5.41, 5.74) is 3.38. The predicted molar refractivity (Wildman–Crippen MR) is 76.9 cm³/mol. The summed E-state index contributed by atoms with van der Waals surface area (Å²) in [5, 5.41) is 0. The first-order valence-electron chi connectivity index (χ1n) is 6.49. The zero-order chi connectivity index (χ0) is 14.4. The lowest BCUT2D eigenvalue weighted by Crippen LogP contribution is -2.12. The lowest BCUT2D eigenvalue weighted by atomic mass is 10.2. The summed E-state index contributed by atoms with van der Waals surface area (Å²) in [6.45, 7) is 4.57. The molecule has 0 aliphatic heterocycles. The summed E-state index contributed by atoms with van der Waals surface area (Å²) in [7, 11) is 0. The van der Waals surface area contributed by atoms with Crippen molar-refractivity contribution >= 4 is 5.82 Å². The van der Waals surface area contributed by atoms with Crippen LogP contribution in [-0.4, -0.2) is 16.6 Å². The molecule has 0 aliphatic rings. The van der Waals surface area contributed by atoms with E-state index in [4.69, 9.17) is 15.3 Å². The van der Waals surface area contributed by atoms with Gasteiger partial charge in [-0.25, -0.2) is 15.8 Å². The fraction of sp³-hybridized carbons (Fsp3) is 0.286. The van der Waals surface area contributed by atoms with Gasteiger partial charge >= 0.3 is 0 Å². The molecule has 0 unspecified atom stereocenters. The van der Waals surface area contributed by atoms with Crippen LogP contribution in [0.25, 0.3) is 0 Å². The zero-order valence-corrected chi connectivity index (χ0v) is 11.6. The second kappa shape index (κ2) is 6.72. The van der Waals surface area contributed by atoms with Crippen molar-refractivity contribution in [3.05, 3.63) is 36.2 Å². The van der Waals surface area contributed by atoms with E-state index in [1.54, 1.807) is 0 Å². The number of hydrazine groups is 1. The topological polar surface area (TPSA) is 82.3 Å². The average molecular weight is 274 g/mol. The third kappa shape index (κ3) is 3.16. The van der Waals surface area contributed by atoms with E-state index in [0.29, 0.717) is 30.5 Å². The van der Waals surface area contributed by atoms with Crippen LogP contribution in [0.1, 0.15) is 19.4 Å². The fourth-order valence-electron chi connectivity index (χ4n) is 1.81. The van der Waals surface area contributed by atoms with Crippen LogP contribution in [-0.2, 0) is 6.42 Å². The Morgan fingerprint density at radius 3 is 2.40 bits per heavy atom. The minimum atomic E-state index is 0.500. The maximum atomic E-state index is 5.77. The highest BCUT2D eigenvalue weighted by Gasteiger charge is 2.11. The van der Waals surface area contributed by atoms with Gasteiger partial charge < -0.3 is 14.9 Å². The molecule has 20 heavy (non-hydrogen) atoms. The van der Waals surface area contributed by atoms with Gasteiger partial charge in [-0.2, -0.15) is 0 Å². The van der Waals surface area contributed by atoms with Gasteiger partial charge in [-0.15, -0.1) is 0 Å². The normalized spacial score (nSPS) is 10.2. The van der Waals surface area contributed by atoms with Crippen LogP contribution < -0.4 is 20.7 Å². The standard InChI is InChI=1S/C14H18N4O2/c1-3-12-13(18-15)16-9-17-14(12)20-11-7-5-10(6-8-11)19-4-2/h5-9H,3-4,15H2,1-2H3,(H,16,17,18). The van der Waals surface area contributed by atoms with Crippen molar-refractivity contribution < 1.29 is 9.47 Å². The van der Waals surface area contributed by atoms with Crippen LogP contribution in [0.5, 0.6) is 17.4 Å². The summed E-state index contributed by atoms with van der Waals surface area (Å²) in [5.74, 6) is 7.99. The molecule has 1 heterocycles. The lowest BCUT2D eigenvalue weighted by molar-refractivity contribution is 0.339. The number of anilines is 1. The SMILES string of the molecule is CCOc1ccc(Oc2ncnc(NN)c2CC)cc1. The minimum Gasteiger partial charge on any atom is -0.494 e. The van der Waals surface area contributed by atoms with E-state index < -0.39 is 0 Å². The Kier molecular flexibility index (Phi) is 4.73. The van der Waals surface area contributed by atoms with Crippen LogP contribution >= 0.6 is 0 Å². The van der Waals surface area contributed by atoms with Crippen molar-refractivity contribution in [3.8, 4) is 17.4 Å². The number of ether oxygens (including phenoxy) is 2. The van der Waals surface area contributed by atoms with Crippen LogP contribution in [0.4, 0.5) is 5.82 Å². The highest BCUT2D eigenvalue weighted by atomic mass is 16.5. The van der Waals surface area contributed by atoms with Crippen LogP contribution in [0.2, 0.25) is 0 Å². The molecule has 6 nitrogen and oxygen atoms in total. The quantitative estimate of drug-likeness (QED) is 0.622. The molecule has 0 amide bonds. The summed E-state index contributed by atoms with van der Waals surface area (Å²) in [6, 6.07) is 7.38. The van der Waals surface area contributed by atoms with Gasteiger partial charge in [0.2, 0.25) is 5.88 Å². The Morgan fingerprint density at radius 1 is 1.10 bits per heavy atom. The second-order valence-electron chi connectivity index (χ2n) is 4.01. The summed E-state index contributed by atoms with van der Waals surface area (Å²) >= 11 is 0. The molecule has 1 aromatic carbocycles. The maximum Gasteiger partial charge on any atom is 0.227 e. The molecule has 0 spiro atoms. The van der Waals surface area contributed by atoms with E-state index in [0.717, 1.165) is 11.3 Å². The first kappa shape index (κ1) is 14.1. The second-order valence-corrected chi connectivity index (χ2v) is 4.01. The third-order valence-corrected chi connectivity index (χ3v) is 2.75. The first-order valence-corrected chi connectivity index (χ1v) is 6.49. The van der Waals surface area contributed by atoms with Gasteiger partial charge in [0.05, 0.1) is 12.2 Å². The van der Waals surface area contributed by atoms with E-state index in [1.165, 1.54) is 6.33 Å². The Bertz CT molecular complexity index is 558. The molecule has 1 aromatic heterocycles. The van der Waals surface area contributed by atoms with Crippen molar-refractivity contribution in [2.75, 3.05) is 12.0 Å². The van der Waals surface area contributed by atoms with E-state index in [2.05, 4.69) is 15.4 Å². The third-order valence-electron chi connectivity index (χ3n) is 2.75. The van der Waals surface area contributed by atoms with Crippen molar-refractivity contribution in [2.45, 2.75) is 20.3 Å². The summed E-state index contributed by atoms with van der Waals surface area (Å²) < 4.78 is 11.2. The van der Waals surface area contributed by atoms with Crippen molar-refractivity contribution in [3.63, 3.8) is 0 Å². The summed E-state index contributed by atoms with van der Waals surface area (Å²) in [6.07, 6.45) is 2.13. The maximum absolute atomic E-state index is 5.77. The molecule has 0 radical (unpaired) electrons. The number of rotatable bonds is 6. The Morgan fingerprint density at radius 2 is 1.80 bits per heavy atom. The smallest absolute Gasteiger partial charge is 0.227 e. The first-order chi connectivity index (χ1) is 9.78. The lowest BCUT2D eigenvalue weighted by Gasteiger charge is -2.12. The molecular weight excluding hydrogens is 256 g/mol. The van der Waals surface area contributed by atoms with Gasteiger partial charge in [0.15, 0.2) is 0 Å². The van der Waals surface area contributed by atoms with Gasteiger partial charge in [0, 0.05) is 0 Å². The van der Waals surface area contributed by atoms with E-state index >= 15 is 0 Å². The summed E-state index contributed by atoms with van der Waals surface area (Å²) in [4.78, 5) is 8.21. The van der Waals surface area contributed by atoms with Crippen molar-refractivity contribution in [1.82, 2.24) is 9.97 Å². The highest BCUT2D eigenvalue weighted by Crippen LogP contribution is 2.28. The van der Waals surface area contributed by atoms with Gasteiger partial charge in [-0.3, -0.25) is 0 Å². The fourth-order valence-corrected chi connectivity index (χ4v) is 1.81. The van der Waals surface area contributed by atoms with Gasteiger partial charge in [-0.1, -0.05) is 6.92 Å². The predicted octanol–water partition coefficient (Wildman–Crippen LogP) is 2.52. The van der Waals surface area contributed by atoms with Gasteiger partial charge in [0.25, 0.3) is 0 Å². The number of hydrogen-bond donors (Lipinski definition) is 2. The molecule has 2 rings (SSSR count). The molecule has 0 atom stereocenters. The van der Waals surface area contributed by atoms with Gasteiger partial charge in [-0.05, 0) is 37.6 Å². The largest absolute Gasteiger partial charge is 0.494 e. The van der Waals surface area contributed by atoms with Crippen molar-refractivity contribution in [1.29, 1.82) is 0 Å². The number of nitrogen functional groups attached to an aromatic ring is 1. The Hall–Kier alpha value is -2.34. The average Bonchev–Trinajstić information content (AvgIpc) is 2.49. The molecule has 6 heteroatoms. The zero-order valence-electron chi connectivity index (χ0n) is 11.6. The van der Waals surface area contributed by atoms with E-state index in [9.17, 15) is 0 Å². The number of nitrogens with two attached hydrogens (primary N) is 1. The molecule has 2 aromatic rings. The van der Waals surface area contributed by atoms with Crippen molar-refractivity contribution in [2.24, 2.45) is 5.84 Å². The number of aromatic nitrogens is 2. The molecule has 3 N–H and O–H groups in total. The number of benzene rings is 1. The number of nitrogens with zero attached hydrogens (tertiary/aromatic N) is 2.